The van der Waals surface area contributed by atoms with Crippen molar-refractivity contribution in [1.82, 2.24) is 15.6 Å². The number of rotatable bonds is 4. The minimum absolute atomic E-state index is 0.114. The second-order valence-electron chi connectivity index (χ2n) is 5.23. The zero-order valence-corrected chi connectivity index (χ0v) is 14.0. The van der Waals surface area contributed by atoms with Crippen LogP contribution in [0.4, 0.5) is 0 Å². The van der Waals surface area contributed by atoms with Gasteiger partial charge in [-0.25, -0.2) is 5.43 Å². The van der Waals surface area contributed by atoms with Crippen LogP contribution in [0.5, 0.6) is 5.75 Å². The smallest absolute Gasteiger partial charge is 0.291 e. The van der Waals surface area contributed by atoms with Crippen LogP contribution in [0.25, 0.3) is 10.6 Å². The number of aryl methyl sites for hydroxylation is 1. The lowest BCUT2D eigenvalue weighted by Gasteiger charge is -2.03. The number of hydrazone groups is 1. The molecular weight excluding hydrogens is 324 g/mol. The molecule has 0 spiro atoms. The third-order valence-corrected chi connectivity index (χ3v) is 4.47. The highest BCUT2D eigenvalue weighted by Crippen LogP contribution is 2.26. The maximum atomic E-state index is 12.2. The standard InChI is InChI=1S/C17H16N4O2S/c1-10-7-8-16(24-10)13-9-14(20-19-13)17(23)21-18-11(2)12-5-3-4-6-15(12)22/h3-9,22H,1-2H3,(H,19,20)(H,21,23)/b18-11-. The molecule has 6 nitrogen and oxygen atoms in total. The van der Waals surface area contributed by atoms with Gasteiger partial charge in [0.15, 0.2) is 5.69 Å². The molecule has 0 unspecified atom stereocenters. The van der Waals surface area contributed by atoms with E-state index >= 15 is 0 Å². The first kappa shape index (κ1) is 15.9. The number of thiophene rings is 1. The summed E-state index contributed by atoms with van der Waals surface area (Å²) in [7, 11) is 0. The van der Waals surface area contributed by atoms with Gasteiger partial charge in [-0.15, -0.1) is 11.3 Å². The summed E-state index contributed by atoms with van der Waals surface area (Å²) in [5, 5.41) is 20.7. The van der Waals surface area contributed by atoms with E-state index in [9.17, 15) is 9.90 Å². The fourth-order valence-electron chi connectivity index (χ4n) is 2.18. The van der Waals surface area contributed by atoms with Crippen molar-refractivity contribution in [2.45, 2.75) is 13.8 Å². The zero-order chi connectivity index (χ0) is 17.1. The van der Waals surface area contributed by atoms with Crippen LogP contribution in [0.3, 0.4) is 0 Å². The van der Waals surface area contributed by atoms with Gasteiger partial charge in [0, 0.05) is 10.4 Å². The molecule has 1 aromatic carbocycles. The molecule has 3 rings (SSSR count). The number of para-hydroxylation sites is 1. The molecule has 24 heavy (non-hydrogen) atoms. The highest BCUT2D eigenvalue weighted by Gasteiger charge is 2.12. The number of nitrogens with one attached hydrogen (secondary N) is 2. The number of carbonyl (C=O) groups is 1. The van der Waals surface area contributed by atoms with Crippen LogP contribution in [-0.4, -0.2) is 26.9 Å². The quantitative estimate of drug-likeness (QED) is 0.503. The van der Waals surface area contributed by atoms with Crippen LogP contribution < -0.4 is 5.43 Å². The lowest BCUT2D eigenvalue weighted by molar-refractivity contribution is 0.0950. The number of carbonyl (C=O) groups excluding carboxylic acids is 1. The Balaban J connectivity index is 1.73. The number of phenols is 1. The van der Waals surface area contributed by atoms with Crippen molar-refractivity contribution in [3.05, 3.63) is 58.6 Å². The average molecular weight is 340 g/mol. The number of benzene rings is 1. The summed E-state index contributed by atoms with van der Waals surface area (Å²) in [5.74, 6) is -0.302. The molecule has 0 aliphatic carbocycles. The molecule has 0 aliphatic heterocycles. The molecule has 0 atom stereocenters. The number of aromatic nitrogens is 2. The van der Waals surface area contributed by atoms with Crippen molar-refractivity contribution < 1.29 is 9.90 Å². The monoisotopic (exact) mass is 340 g/mol. The molecular formula is C17H16N4O2S. The van der Waals surface area contributed by atoms with Gasteiger partial charge in [-0.05, 0) is 44.2 Å². The van der Waals surface area contributed by atoms with E-state index in [1.165, 1.54) is 4.88 Å². The van der Waals surface area contributed by atoms with Crippen LogP contribution in [0, 0.1) is 6.92 Å². The lowest BCUT2D eigenvalue weighted by atomic mass is 10.1. The van der Waals surface area contributed by atoms with Crippen molar-refractivity contribution in [3.63, 3.8) is 0 Å². The van der Waals surface area contributed by atoms with Crippen LogP contribution in [-0.2, 0) is 0 Å². The van der Waals surface area contributed by atoms with Crippen LogP contribution in [0.2, 0.25) is 0 Å². The van der Waals surface area contributed by atoms with Gasteiger partial charge < -0.3 is 5.11 Å². The molecule has 3 N–H and O–H groups in total. The largest absolute Gasteiger partial charge is 0.507 e. The van der Waals surface area contributed by atoms with Crippen molar-refractivity contribution in [2.75, 3.05) is 0 Å². The van der Waals surface area contributed by atoms with Crippen molar-refractivity contribution >= 4 is 23.0 Å². The SMILES string of the molecule is C/C(=N/NC(=O)c1cc(-c2ccc(C)s2)[nH]n1)c1ccccc1O. The number of aromatic amines is 1. The van der Waals surface area contributed by atoms with Gasteiger partial charge in [-0.1, -0.05) is 12.1 Å². The first-order valence-corrected chi connectivity index (χ1v) is 8.11. The second-order valence-corrected chi connectivity index (χ2v) is 6.52. The van der Waals surface area contributed by atoms with E-state index in [4.69, 9.17) is 0 Å². The van der Waals surface area contributed by atoms with Gasteiger partial charge in [0.25, 0.3) is 5.91 Å². The van der Waals surface area contributed by atoms with E-state index in [2.05, 4.69) is 20.7 Å². The summed E-state index contributed by atoms with van der Waals surface area (Å²) in [6, 6.07) is 12.5. The van der Waals surface area contributed by atoms with Gasteiger partial charge in [0.05, 0.1) is 16.3 Å². The molecule has 0 saturated heterocycles. The lowest BCUT2D eigenvalue weighted by Crippen LogP contribution is -2.19. The Morgan fingerprint density at radius 3 is 2.79 bits per heavy atom. The summed E-state index contributed by atoms with van der Waals surface area (Å²) in [6.07, 6.45) is 0. The number of amides is 1. The highest BCUT2D eigenvalue weighted by atomic mass is 32.1. The molecule has 1 amide bonds. The third-order valence-electron chi connectivity index (χ3n) is 3.44. The summed E-state index contributed by atoms with van der Waals surface area (Å²) < 4.78 is 0. The van der Waals surface area contributed by atoms with E-state index in [0.29, 0.717) is 11.3 Å². The van der Waals surface area contributed by atoms with E-state index in [1.807, 2.05) is 19.1 Å². The minimum Gasteiger partial charge on any atom is -0.507 e. The molecule has 0 radical (unpaired) electrons. The fraction of sp³-hybridized carbons (Fsp3) is 0.118. The number of aromatic hydroxyl groups is 1. The second kappa shape index (κ2) is 6.67. The maximum Gasteiger partial charge on any atom is 0.291 e. The van der Waals surface area contributed by atoms with Crippen LogP contribution in [0.1, 0.15) is 27.9 Å². The minimum atomic E-state index is -0.416. The van der Waals surface area contributed by atoms with Crippen molar-refractivity contribution in [1.29, 1.82) is 0 Å². The Labute approximate surface area is 142 Å². The molecule has 7 heteroatoms. The van der Waals surface area contributed by atoms with Gasteiger partial charge in [0.2, 0.25) is 0 Å². The Bertz CT molecular complexity index is 911. The Kier molecular flexibility index (Phi) is 4.43. The van der Waals surface area contributed by atoms with E-state index in [0.717, 1.165) is 10.6 Å². The summed E-state index contributed by atoms with van der Waals surface area (Å²) in [4.78, 5) is 14.4. The van der Waals surface area contributed by atoms with Gasteiger partial charge >= 0.3 is 0 Å². The number of H-pyrrole nitrogens is 1. The zero-order valence-electron chi connectivity index (χ0n) is 13.2. The Hall–Kier alpha value is -2.93. The maximum absolute atomic E-state index is 12.2. The van der Waals surface area contributed by atoms with Gasteiger partial charge in [-0.2, -0.15) is 10.2 Å². The van der Waals surface area contributed by atoms with Crippen molar-refractivity contribution in [3.8, 4) is 16.3 Å². The van der Waals surface area contributed by atoms with Crippen LogP contribution in [0.15, 0.2) is 47.6 Å². The van der Waals surface area contributed by atoms with E-state index in [-0.39, 0.29) is 11.4 Å². The summed E-state index contributed by atoms with van der Waals surface area (Å²) >= 11 is 1.62. The first-order valence-electron chi connectivity index (χ1n) is 7.30. The Morgan fingerprint density at radius 1 is 1.29 bits per heavy atom. The molecule has 122 valence electrons. The third kappa shape index (κ3) is 3.36. The molecule has 2 aromatic heterocycles. The summed E-state index contributed by atoms with van der Waals surface area (Å²) in [6.45, 7) is 3.73. The molecule has 0 bridgehead atoms. The number of phenolic OH excluding ortho intramolecular Hbond substituents is 1. The number of hydrogen-bond acceptors (Lipinski definition) is 5. The fourth-order valence-corrected chi connectivity index (χ4v) is 3.01. The van der Waals surface area contributed by atoms with Crippen molar-refractivity contribution in [2.24, 2.45) is 5.10 Å². The predicted octanol–water partition coefficient (Wildman–Crippen LogP) is 3.31. The number of hydrogen-bond donors (Lipinski definition) is 3. The van der Waals surface area contributed by atoms with Crippen LogP contribution >= 0.6 is 11.3 Å². The number of nitrogens with zero attached hydrogens (tertiary/aromatic N) is 2. The predicted molar refractivity (Wildman–Crippen MR) is 94.4 cm³/mol. The summed E-state index contributed by atoms with van der Waals surface area (Å²) in [5.41, 5.74) is 4.57. The van der Waals surface area contributed by atoms with E-state index in [1.54, 1.807) is 48.6 Å². The van der Waals surface area contributed by atoms with Gasteiger partial charge in [0.1, 0.15) is 5.75 Å². The molecule has 3 aromatic rings. The topological polar surface area (TPSA) is 90.4 Å². The highest BCUT2D eigenvalue weighted by molar-refractivity contribution is 7.15. The van der Waals surface area contributed by atoms with E-state index < -0.39 is 5.91 Å². The molecule has 0 fully saturated rings. The average Bonchev–Trinajstić information content (AvgIpc) is 3.21. The molecule has 2 heterocycles. The Morgan fingerprint density at radius 2 is 2.08 bits per heavy atom. The van der Waals surface area contributed by atoms with Gasteiger partial charge in [-0.3, -0.25) is 9.89 Å². The first-order chi connectivity index (χ1) is 11.5. The molecule has 0 saturated carbocycles. The molecule has 0 aliphatic rings. The normalized spacial score (nSPS) is 11.5.